The van der Waals surface area contributed by atoms with Crippen LogP contribution in [-0.4, -0.2) is 26.0 Å². The molecule has 0 aliphatic carbocycles. The summed E-state index contributed by atoms with van der Waals surface area (Å²) in [4.78, 5) is 47.6. The smallest absolute Gasteiger partial charge is 0.269 e. The average Bonchev–Trinajstić information content (AvgIpc) is 3.29. The Bertz CT molecular complexity index is 1700. The normalized spacial score (nSPS) is 11.2. The summed E-state index contributed by atoms with van der Waals surface area (Å²) in [6, 6.07) is 24.9. The first kappa shape index (κ1) is 26.4. The molecule has 1 aromatic heterocycles. The number of fused-ring (bicyclic) bond motifs is 3. The second-order valence-electron chi connectivity index (χ2n) is 9.60. The van der Waals surface area contributed by atoms with Gasteiger partial charge in [0.05, 0.1) is 9.85 Å². The van der Waals surface area contributed by atoms with E-state index in [0.717, 1.165) is 33.9 Å². The monoisotopic (exact) mass is 535 g/mol. The van der Waals surface area contributed by atoms with Crippen molar-refractivity contribution >= 4 is 44.7 Å². The van der Waals surface area contributed by atoms with Crippen molar-refractivity contribution < 1.29 is 19.4 Å². The number of nitro benzene ring substituents is 2. The number of ketones is 2. The number of carbonyl (C=O) groups is 2. The van der Waals surface area contributed by atoms with E-state index >= 15 is 0 Å². The molecule has 200 valence electrons. The molecule has 9 nitrogen and oxygen atoms in total. The number of hydrogen-bond acceptors (Lipinski definition) is 6. The zero-order chi connectivity index (χ0) is 28.4. The Morgan fingerprint density at radius 1 is 0.700 bits per heavy atom. The Kier molecular flexibility index (Phi) is 7.20. The van der Waals surface area contributed by atoms with Gasteiger partial charge in [0.15, 0.2) is 11.6 Å². The van der Waals surface area contributed by atoms with E-state index < -0.39 is 15.8 Å². The van der Waals surface area contributed by atoms with Gasteiger partial charge in [0.1, 0.15) is 0 Å². The summed E-state index contributed by atoms with van der Waals surface area (Å²) in [5.74, 6) is -0.974. The van der Waals surface area contributed by atoms with Gasteiger partial charge in [-0.15, -0.1) is 0 Å². The van der Waals surface area contributed by atoms with Crippen molar-refractivity contribution in [2.24, 2.45) is 0 Å². The molecular formula is C31H25N3O6. The number of benzene rings is 4. The van der Waals surface area contributed by atoms with Crippen LogP contribution in [0.3, 0.4) is 0 Å². The second kappa shape index (κ2) is 10.9. The number of non-ortho nitro benzene ring substituents is 2. The highest BCUT2D eigenvalue weighted by molar-refractivity contribution is 6.08. The summed E-state index contributed by atoms with van der Waals surface area (Å²) in [6.07, 6.45) is 0.0168. The molecule has 0 saturated carbocycles. The van der Waals surface area contributed by atoms with Crippen LogP contribution in [0.15, 0.2) is 91.0 Å². The first-order chi connectivity index (χ1) is 19.3. The highest BCUT2D eigenvalue weighted by atomic mass is 16.6. The molecule has 40 heavy (non-hydrogen) atoms. The van der Waals surface area contributed by atoms with Crippen molar-refractivity contribution in [2.45, 2.75) is 32.2 Å². The maximum absolute atomic E-state index is 13.3. The minimum Gasteiger partial charge on any atom is -0.341 e. The van der Waals surface area contributed by atoms with E-state index in [1.165, 1.54) is 48.5 Å². The third kappa shape index (κ3) is 5.09. The van der Waals surface area contributed by atoms with Crippen molar-refractivity contribution in [2.75, 3.05) is 0 Å². The van der Waals surface area contributed by atoms with Crippen molar-refractivity contribution in [3.05, 3.63) is 128 Å². The van der Waals surface area contributed by atoms with Crippen LogP contribution in [0, 0.1) is 20.2 Å². The van der Waals surface area contributed by atoms with E-state index in [4.69, 9.17) is 0 Å². The summed E-state index contributed by atoms with van der Waals surface area (Å²) in [5.41, 5.74) is 3.38. The van der Waals surface area contributed by atoms with Gasteiger partial charge in [-0.3, -0.25) is 29.8 Å². The standard InChI is InChI=1S/C31H25N3O6/c1-2-32-28-6-4-3-5-26(28)27-17-22(11-16-29(27)32)23(18-30(35)20-7-12-24(13-8-20)33(37)38)19-31(36)21-9-14-25(15-10-21)34(39)40/h3-17,23H,2,18-19H2,1H3. The molecule has 5 aromatic rings. The topological polar surface area (TPSA) is 125 Å². The molecule has 1 heterocycles. The van der Waals surface area contributed by atoms with E-state index in [2.05, 4.69) is 17.6 Å². The minimum atomic E-state index is -0.526. The Hall–Kier alpha value is -5.18. The minimum absolute atomic E-state index is 0.00839. The predicted molar refractivity (Wildman–Crippen MR) is 152 cm³/mol. The fourth-order valence-electron chi connectivity index (χ4n) is 5.20. The zero-order valence-electron chi connectivity index (χ0n) is 21.7. The summed E-state index contributed by atoms with van der Waals surface area (Å²) < 4.78 is 2.22. The van der Waals surface area contributed by atoms with Crippen LogP contribution < -0.4 is 0 Å². The van der Waals surface area contributed by atoms with Gasteiger partial charge in [-0.2, -0.15) is 0 Å². The quantitative estimate of drug-likeness (QED) is 0.105. The van der Waals surface area contributed by atoms with Crippen LogP contribution in [-0.2, 0) is 6.54 Å². The summed E-state index contributed by atoms with van der Waals surface area (Å²) in [7, 11) is 0. The lowest BCUT2D eigenvalue weighted by atomic mass is 9.85. The molecule has 0 bridgehead atoms. The highest BCUT2D eigenvalue weighted by Crippen LogP contribution is 2.34. The summed E-state index contributed by atoms with van der Waals surface area (Å²) >= 11 is 0. The summed E-state index contributed by atoms with van der Waals surface area (Å²) in [6.45, 7) is 2.86. The number of carbonyl (C=O) groups excluding carboxylic acids is 2. The molecule has 0 unspecified atom stereocenters. The van der Waals surface area contributed by atoms with Gasteiger partial charge in [0, 0.05) is 76.6 Å². The molecule has 0 N–H and O–H groups in total. The van der Waals surface area contributed by atoms with Crippen molar-refractivity contribution in [1.29, 1.82) is 0 Å². The van der Waals surface area contributed by atoms with Gasteiger partial charge in [0.25, 0.3) is 11.4 Å². The molecular weight excluding hydrogens is 510 g/mol. The third-order valence-corrected chi connectivity index (χ3v) is 7.25. The average molecular weight is 536 g/mol. The third-order valence-electron chi connectivity index (χ3n) is 7.25. The lowest BCUT2D eigenvalue weighted by molar-refractivity contribution is -0.385. The molecule has 0 radical (unpaired) electrons. The number of nitrogens with zero attached hydrogens (tertiary/aromatic N) is 3. The molecule has 0 aliphatic rings. The molecule has 0 atom stereocenters. The number of nitro groups is 2. The van der Waals surface area contributed by atoms with Gasteiger partial charge in [-0.05, 0) is 60.9 Å². The van der Waals surface area contributed by atoms with E-state index in [1.54, 1.807) is 0 Å². The number of aryl methyl sites for hydroxylation is 1. The number of Topliss-reactive ketones (excluding diaryl/α,β-unsaturated/α-hetero) is 2. The Balaban J connectivity index is 1.52. The van der Waals surface area contributed by atoms with Gasteiger partial charge in [0.2, 0.25) is 0 Å². The van der Waals surface area contributed by atoms with Crippen LogP contribution >= 0.6 is 0 Å². The van der Waals surface area contributed by atoms with Gasteiger partial charge >= 0.3 is 0 Å². The molecule has 9 heteroatoms. The van der Waals surface area contributed by atoms with E-state index in [9.17, 15) is 29.8 Å². The molecule has 0 aliphatic heterocycles. The van der Waals surface area contributed by atoms with Gasteiger partial charge < -0.3 is 4.57 Å². The van der Waals surface area contributed by atoms with Crippen LogP contribution in [0.1, 0.15) is 52.0 Å². The van der Waals surface area contributed by atoms with Crippen molar-refractivity contribution in [1.82, 2.24) is 4.57 Å². The number of para-hydroxylation sites is 1. The van der Waals surface area contributed by atoms with Gasteiger partial charge in [-0.1, -0.05) is 24.3 Å². The Labute approximate surface area is 229 Å². The Morgan fingerprint density at radius 3 is 1.70 bits per heavy atom. The van der Waals surface area contributed by atoms with E-state index in [0.29, 0.717) is 11.1 Å². The molecule has 4 aromatic carbocycles. The van der Waals surface area contributed by atoms with Crippen LogP contribution in [0.4, 0.5) is 11.4 Å². The predicted octanol–water partition coefficient (Wildman–Crippen LogP) is 7.26. The SMILES string of the molecule is CCn1c2ccccc2c2cc(C(CC(=O)c3ccc([N+](=O)[O-])cc3)CC(=O)c3ccc([N+](=O)[O-])cc3)ccc21. The lowest BCUT2D eigenvalue weighted by Gasteiger charge is -2.17. The number of hydrogen-bond donors (Lipinski definition) is 0. The van der Waals surface area contributed by atoms with E-state index in [1.807, 2.05) is 36.4 Å². The van der Waals surface area contributed by atoms with Crippen molar-refractivity contribution in [3.63, 3.8) is 0 Å². The fourth-order valence-corrected chi connectivity index (χ4v) is 5.20. The molecule has 0 amide bonds. The first-order valence-electron chi connectivity index (χ1n) is 12.8. The molecule has 0 spiro atoms. The van der Waals surface area contributed by atoms with Crippen molar-refractivity contribution in [3.8, 4) is 0 Å². The van der Waals surface area contributed by atoms with E-state index in [-0.39, 0.29) is 35.8 Å². The summed E-state index contributed by atoms with van der Waals surface area (Å²) in [5, 5.41) is 24.1. The largest absolute Gasteiger partial charge is 0.341 e. The maximum atomic E-state index is 13.3. The number of aromatic nitrogens is 1. The van der Waals surface area contributed by atoms with Crippen LogP contribution in [0.5, 0.6) is 0 Å². The fraction of sp³-hybridized carbons (Fsp3) is 0.161. The molecule has 0 saturated heterocycles. The second-order valence-corrected chi connectivity index (χ2v) is 9.60. The zero-order valence-corrected chi connectivity index (χ0v) is 21.7. The molecule has 0 fully saturated rings. The maximum Gasteiger partial charge on any atom is 0.269 e. The van der Waals surface area contributed by atoms with Crippen LogP contribution in [0.25, 0.3) is 21.8 Å². The van der Waals surface area contributed by atoms with Gasteiger partial charge in [-0.25, -0.2) is 0 Å². The van der Waals surface area contributed by atoms with Crippen LogP contribution in [0.2, 0.25) is 0 Å². The number of rotatable bonds is 10. The lowest BCUT2D eigenvalue weighted by Crippen LogP contribution is -2.13. The molecule has 5 rings (SSSR count). The Morgan fingerprint density at radius 2 is 1.20 bits per heavy atom. The highest BCUT2D eigenvalue weighted by Gasteiger charge is 2.23. The first-order valence-corrected chi connectivity index (χ1v) is 12.8.